The van der Waals surface area contributed by atoms with Crippen molar-refractivity contribution < 1.29 is 14.4 Å². The Morgan fingerprint density at radius 2 is 2.12 bits per heavy atom. The average molecular weight is 422 g/mol. The zero-order chi connectivity index (χ0) is 18.9. The average Bonchev–Trinajstić information content (AvgIpc) is 3.38. The smallest absolute Gasteiger partial charge is 0.325 e. The predicted octanol–water partition coefficient (Wildman–Crippen LogP) is 2.86. The Balaban J connectivity index is 1.75. The highest BCUT2D eigenvalue weighted by Gasteiger charge is 2.49. The molecule has 1 aliphatic heterocycles. The topological polar surface area (TPSA) is 69.7 Å². The van der Waals surface area contributed by atoms with Crippen molar-refractivity contribution >= 4 is 33.8 Å². The van der Waals surface area contributed by atoms with Crippen molar-refractivity contribution in [3.63, 3.8) is 0 Å². The van der Waals surface area contributed by atoms with Gasteiger partial charge in [-0.3, -0.25) is 14.5 Å². The van der Waals surface area contributed by atoms with Gasteiger partial charge in [0.1, 0.15) is 12.1 Å². The maximum absolute atomic E-state index is 13.0. The molecule has 1 atom stereocenters. The van der Waals surface area contributed by atoms with E-state index in [4.69, 9.17) is 0 Å². The van der Waals surface area contributed by atoms with Crippen LogP contribution in [0.4, 0.5) is 4.79 Å². The minimum absolute atomic E-state index is 0.166. The number of nitrogens with one attached hydrogen (secondary N) is 1. The molecule has 1 saturated heterocycles. The normalized spacial score (nSPS) is 22.5. The van der Waals surface area contributed by atoms with Crippen molar-refractivity contribution in [2.24, 2.45) is 5.92 Å². The third-order valence-electron chi connectivity index (χ3n) is 4.99. The summed E-state index contributed by atoms with van der Waals surface area (Å²) in [5.74, 6) is 0.0121. The van der Waals surface area contributed by atoms with E-state index in [0.717, 1.165) is 35.2 Å². The molecule has 1 saturated carbocycles. The highest BCUT2D eigenvalue weighted by molar-refractivity contribution is 9.10. The van der Waals surface area contributed by atoms with E-state index in [2.05, 4.69) is 21.2 Å². The second kappa shape index (κ2) is 7.39. The minimum atomic E-state index is -1.16. The standard InChI is InChI=1S/C19H24BrN3O3/c1-3-9-22(11-13-7-8-13)16(24)12-23-17(25)19(2,21-18(23)26)14-5-4-6-15(20)10-14/h4-6,10,13H,3,7-9,11-12H2,1-2H3,(H,21,26)/t19-/m0/s1. The van der Waals surface area contributed by atoms with Gasteiger partial charge in [-0.2, -0.15) is 0 Å². The lowest BCUT2D eigenvalue weighted by molar-refractivity contribution is -0.139. The second-order valence-corrected chi connectivity index (χ2v) is 8.16. The molecule has 7 heteroatoms. The van der Waals surface area contributed by atoms with Crippen LogP contribution in [0.15, 0.2) is 28.7 Å². The van der Waals surface area contributed by atoms with Crippen LogP contribution in [0.5, 0.6) is 0 Å². The van der Waals surface area contributed by atoms with Gasteiger partial charge in [-0.1, -0.05) is 35.0 Å². The lowest BCUT2D eigenvalue weighted by Gasteiger charge is -2.25. The van der Waals surface area contributed by atoms with Gasteiger partial charge in [0.15, 0.2) is 0 Å². The lowest BCUT2D eigenvalue weighted by atomic mass is 9.92. The first-order valence-corrected chi connectivity index (χ1v) is 9.82. The molecule has 0 aromatic heterocycles. The number of carbonyl (C=O) groups is 3. The number of halogens is 1. The third-order valence-corrected chi connectivity index (χ3v) is 5.49. The van der Waals surface area contributed by atoms with Crippen LogP contribution in [0.3, 0.4) is 0 Å². The van der Waals surface area contributed by atoms with Gasteiger partial charge in [-0.25, -0.2) is 4.79 Å². The van der Waals surface area contributed by atoms with Crippen LogP contribution in [0.2, 0.25) is 0 Å². The van der Waals surface area contributed by atoms with Crippen molar-refractivity contribution in [2.75, 3.05) is 19.6 Å². The highest BCUT2D eigenvalue weighted by atomic mass is 79.9. The van der Waals surface area contributed by atoms with E-state index in [1.807, 2.05) is 19.1 Å². The number of imide groups is 1. The Hall–Kier alpha value is -1.89. The van der Waals surface area contributed by atoms with Gasteiger partial charge < -0.3 is 10.2 Å². The first-order chi connectivity index (χ1) is 12.3. The molecule has 4 amide bonds. The molecule has 26 heavy (non-hydrogen) atoms. The first kappa shape index (κ1) is 18.9. The number of rotatable bonds is 7. The van der Waals surface area contributed by atoms with Crippen LogP contribution >= 0.6 is 15.9 Å². The number of hydrogen-bond acceptors (Lipinski definition) is 3. The second-order valence-electron chi connectivity index (χ2n) is 7.24. The van der Waals surface area contributed by atoms with Gasteiger partial charge in [-0.05, 0) is 49.8 Å². The molecular weight excluding hydrogens is 398 g/mol. The molecule has 0 bridgehead atoms. The van der Waals surface area contributed by atoms with Crippen LogP contribution in [-0.2, 0) is 15.1 Å². The zero-order valence-corrected chi connectivity index (χ0v) is 16.7. The van der Waals surface area contributed by atoms with Crippen molar-refractivity contribution in [1.82, 2.24) is 15.1 Å². The minimum Gasteiger partial charge on any atom is -0.341 e. The Labute approximate surface area is 162 Å². The summed E-state index contributed by atoms with van der Waals surface area (Å²) in [7, 11) is 0. The SMILES string of the molecule is CCCN(CC1CC1)C(=O)CN1C(=O)N[C@@](C)(c2cccc(Br)c2)C1=O. The van der Waals surface area contributed by atoms with Gasteiger partial charge in [0, 0.05) is 17.6 Å². The Morgan fingerprint density at radius 1 is 1.38 bits per heavy atom. The quantitative estimate of drug-likeness (QED) is 0.688. The van der Waals surface area contributed by atoms with Crippen LogP contribution < -0.4 is 5.32 Å². The molecule has 0 spiro atoms. The maximum atomic E-state index is 13.0. The molecule has 0 unspecified atom stereocenters. The van der Waals surface area contributed by atoms with E-state index in [9.17, 15) is 14.4 Å². The number of urea groups is 1. The maximum Gasteiger partial charge on any atom is 0.325 e. The summed E-state index contributed by atoms with van der Waals surface area (Å²) in [6, 6.07) is 6.76. The molecule has 0 radical (unpaired) electrons. The molecule has 1 N–H and O–H groups in total. The summed E-state index contributed by atoms with van der Waals surface area (Å²) >= 11 is 3.39. The molecule has 1 aromatic rings. The van der Waals surface area contributed by atoms with Gasteiger partial charge >= 0.3 is 6.03 Å². The lowest BCUT2D eigenvalue weighted by Crippen LogP contribution is -2.45. The van der Waals surface area contributed by atoms with Crippen LogP contribution in [-0.4, -0.2) is 47.3 Å². The van der Waals surface area contributed by atoms with Crippen molar-refractivity contribution in [1.29, 1.82) is 0 Å². The molecule has 1 heterocycles. The summed E-state index contributed by atoms with van der Waals surface area (Å²) in [5.41, 5.74) is -0.476. The van der Waals surface area contributed by atoms with Gasteiger partial charge in [-0.15, -0.1) is 0 Å². The van der Waals surface area contributed by atoms with Gasteiger partial charge in [0.2, 0.25) is 5.91 Å². The summed E-state index contributed by atoms with van der Waals surface area (Å²) in [4.78, 5) is 40.9. The highest BCUT2D eigenvalue weighted by Crippen LogP contribution is 2.31. The third kappa shape index (κ3) is 3.77. The Kier molecular flexibility index (Phi) is 5.37. The number of benzene rings is 1. The van der Waals surface area contributed by atoms with Crippen molar-refractivity contribution in [2.45, 2.75) is 38.6 Å². The van der Waals surface area contributed by atoms with Crippen LogP contribution in [0.25, 0.3) is 0 Å². The molecule has 2 aliphatic rings. The molecule has 3 rings (SSSR count). The number of nitrogens with zero attached hydrogens (tertiary/aromatic N) is 2. The number of hydrogen-bond donors (Lipinski definition) is 1. The zero-order valence-electron chi connectivity index (χ0n) is 15.1. The van der Waals surface area contributed by atoms with E-state index >= 15 is 0 Å². The largest absolute Gasteiger partial charge is 0.341 e. The fourth-order valence-corrected chi connectivity index (χ4v) is 3.67. The summed E-state index contributed by atoms with van der Waals surface area (Å²) in [6.45, 7) is 4.86. The van der Waals surface area contributed by atoms with Crippen molar-refractivity contribution in [3.8, 4) is 0 Å². The van der Waals surface area contributed by atoms with Crippen LogP contribution in [0.1, 0.15) is 38.7 Å². The van der Waals surface area contributed by atoms with Gasteiger partial charge in [0.05, 0.1) is 0 Å². The summed E-state index contributed by atoms with van der Waals surface area (Å²) < 4.78 is 0.825. The Morgan fingerprint density at radius 3 is 2.73 bits per heavy atom. The molecule has 6 nitrogen and oxygen atoms in total. The first-order valence-electron chi connectivity index (χ1n) is 9.03. The monoisotopic (exact) mass is 421 g/mol. The Bertz CT molecular complexity index is 734. The summed E-state index contributed by atoms with van der Waals surface area (Å²) in [6.07, 6.45) is 3.16. The van der Waals surface area contributed by atoms with E-state index in [1.54, 1.807) is 24.0 Å². The van der Waals surface area contributed by atoms with Crippen LogP contribution in [0, 0.1) is 5.92 Å². The molecule has 1 aliphatic carbocycles. The summed E-state index contributed by atoms with van der Waals surface area (Å²) in [5, 5.41) is 2.75. The molecule has 2 fully saturated rings. The fraction of sp³-hybridized carbons (Fsp3) is 0.526. The number of amides is 4. The van der Waals surface area contributed by atoms with E-state index < -0.39 is 17.5 Å². The molecular formula is C19H24BrN3O3. The molecule has 1 aromatic carbocycles. The van der Waals surface area contributed by atoms with E-state index in [0.29, 0.717) is 18.0 Å². The predicted molar refractivity (Wildman–Crippen MR) is 101 cm³/mol. The van der Waals surface area contributed by atoms with Crippen molar-refractivity contribution in [3.05, 3.63) is 34.3 Å². The van der Waals surface area contributed by atoms with E-state index in [-0.39, 0.29) is 12.5 Å². The molecule has 140 valence electrons. The van der Waals surface area contributed by atoms with E-state index in [1.165, 1.54) is 0 Å². The number of carbonyl (C=O) groups excluding carboxylic acids is 3. The van der Waals surface area contributed by atoms with Gasteiger partial charge in [0.25, 0.3) is 5.91 Å². The fourth-order valence-electron chi connectivity index (χ4n) is 3.27.